The van der Waals surface area contributed by atoms with Crippen LogP contribution in [-0.2, 0) is 9.47 Å². The Morgan fingerprint density at radius 2 is 1.71 bits per heavy atom. The SMILES string of the molecule is CC(C)(C)P(=NC(=S)NN=Cc1ccc[nH]1)(N1CCOCC1)N1CCOCC1. The molecule has 2 fully saturated rings. The van der Waals surface area contributed by atoms with Gasteiger partial charge in [-0.3, -0.25) is 14.8 Å². The zero-order chi connectivity index (χ0) is 20.0. The Hall–Kier alpha value is -1.09. The first-order valence-corrected chi connectivity index (χ1v) is 11.7. The number of thiocarbonyl (C=S) groups is 1. The first-order chi connectivity index (χ1) is 13.4. The van der Waals surface area contributed by atoms with Crippen molar-refractivity contribution in [2.45, 2.75) is 25.9 Å². The maximum absolute atomic E-state index is 5.62. The van der Waals surface area contributed by atoms with Gasteiger partial charge in [0.1, 0.15) is 7.36 Å². The molecule has 10 heteroatoms. The summed E-state index contributed by atoms with van der Waals surface area (Å²) in [5, 5.41) is 4.61. The Morgan fingerprint density at radius 3 is 2.18 bits per heavy atom. The third-order valence-electron chi connectivity index (χ3n) is 4.88. The Balaban J connectivity index is 1.92. The Kier molecular flexibility index (Phi) is 7.42. The molecule has 0 bridgehead atoms. The fourth-order valence-electron chi connectivity index (χ4n) is 3.70. The van der Waals surface area contributed by atoms with Crippen LogP contribution in [0, 0.1) is 0 Å². The summed E-state index contributed by atoms with van der Waals surface area (Å²) in [6.45, 7) is 13.1. The number of aromatic amines is 1. The fraction of sp³-hybridized carbons (Fsp3) is 0.667. The number of morpholine rings is 2. The van der Waals surface area contributed by atoms with E-state index in [9.17, 15) is 0 Å². The van der Waals surface area contributed by atoms with Gasteiger partial charge in [-0.25, -0.2) is 4.74 Å². The lowest BCUT2D eigenvalue weighted by Crippen LogP contribution is -2.48. The van der Waals surface area contributed by atoms with Crippen LogP contribution in [0.2, 0.25) is 0 Å². The van der Waals surface area contributed by atoms with Crippen molar-refractivity contribution in [1.29, 1.82) is 0 Å². The van der Waals surface area contributed by atoms with Crippen LogP contribution in [-0.4, -0.2) is 83.4 Å². The third kappa shape index (κ3) is 4.90. The van der Waals surface area contributed by atoms with Gasteiger partial charge >= 0.3 is 0 Å². The van der Waals surface area contributed by atoms with Crippen molar-refractivity contribution < 1.29 is 9.47 Å². The van der Waals surface area contributed by atoms with Gasteiger partial charge in [0, 0.05) is 37.5 Å². The highest BCUT2D eigenvalue weighted by Crippen LogP contribution is 2.66. The van der Waals surface area contributed by atoms with Crippen LogP contribution in [0.4, 0.5) is 0 Å². The van der Waals surface area contributed by atoms with E-state index in [0.29, 0.717) is 5.11 Å². The zero-order valence-electron chi connectivity index (χ0n) is 16.9. The van der Waals surface area contributed by atoms with Crippen LogP contribution in [0.15, 0.2) is 28.2 Å². The number of nitrogens with zero attached hydrogens (tertiary/aromatic N) is 4. The van der Waals surface area contributed by atoms with E-state index in [2.05, 4.69) is 45.6 Å². The molecule has 3 heterocycles. The lowest BCUT2D eigenvalue weighted by Gasteiger charge is -2.52. The molecule has 2 aliphatic rings. The highest BCUT2D eigenvalue weighted by Gasteiger charge is 2.45. The molecule has 2 aliphatic heterocycles. The van der Waals surface area contributed by atoms with Crippen molar-refractivity contribution in [3.05, 3.63) is 24.0 Å². The summed E-state index contributed by atoms with van der Waals surface area (Å²) in [4.78, 5) is 3.09. The number of H-pyrrole nitrogens is 1. The van der Waals surface area contributed by atoms with E-state index in [1.54, 1.807) is 6.21 Å². The van der Waals surface area contributed by atoms with E-state index >= 15 is 0 Å². The predicted molar refractivity (Wildman–Crippen MR) is 118 cm³/mol. The minimum atomic E-state index is -2.14. The molecular weight excluding hydrogens is 395 g/mol. The van der Waals surface area contributed by atoms with Crippen LogP contribution < -0.4 is 5.43 Å². The van der Waals surface area contributed by atoms with Gasteiger partial charge in [0.05, 0.1) is 38.3 Å². The molecule has 0 saturated carbocycles. The normalized spacial score (nSPS) is 20.4. The van der Waals surface area contributed by atoms with Crippen molar-refractivity contribution in [2.24, 2.45) is 9.85 Å². The van der Waals surface area contributed by atoms with Gasteiger partial charge in [0.15, 0.2) is 0 Å². The summed E-state index contributed by atoms with van der Waals surface area (Å²) < 4.78 is 21.4. The van der Waals surface area contributed by atoms with Crippen LogP contribution >= 0.6 is 19.6 Å². The monoisotopic (exact) mass is 426 g/mol. The number of hydrogen-bond acceptors (Lipinski definition) is 4. The lowest BCUT2D eigenvalue weighted by atomic mass is 10.3. The first-order valence-electron chi connectivity index (χ1n) is 9.69. The largest absolute Gasteiger partial charge is 0.379 e. The van der Waals surface area contributed by atoms with Gasteiger partial charge in [-0.2, -0.15) is 5.10 Å². The predicted octanol–water partition coefficient (Wildman–Crippen LogP) is 2.72. The second-order valence-corrected chi connectivity index (χ2v) is 12.0. The Morgan fingerprint density at radius 1 is 1.14 bits per heavy atom. The quantitative estimate of drug-likeness (QED) is 0.334. The molecule has 0 aromatic carbocycles. The average molecular weight is 427 g/mol. The molecule has 1 aromatic rings. The van der Waals surface area contributed by atoms with Crippen LogP contribution in [0.25, 0.3) is 0 Å². The summed E-state index contributed by atoms with van der Waals surface area (Å²) >= 11 is 5.61. The molecule has 0 atom stereocenters. The van der Waals surface area contributed by atoms with E-state index in [0.717, 1.165) is 58.3 Å². The maximum atomic E-state index is 5.62. The molecule has 0 aliphatic carbocycles. The summed E-state index contributed by atoms with van der Waals surface area (Å²) in [7, 11) is -2.14. The summed E-state index contributed by atoms with van der Waals surface area (Å²) in [5.74, 6) is 0. The van der Waals surface area contributed by atoms with Gasteiger partial charge < -0.3 is 14.5 Å². The second kappa shape index (κ2) is 9.61. The van der Waals surface area contributed by atoms with Crippen LogP contribution in [0.3, 0.4) is 0 Å². The van der Waals surface area contributed by atoms with Crippen LogP contribution in [0.5, 0.6) is 0 Å². The molecule has 8 nitrogen and oxygen atoms in total. The third-order valence-corrected chi connectivity index (χ3v) is 9.85. The lowest BCUT2D eigenvalue weighted by molar-refractivity contribution is 0.0551. The average Bonchev–Trinajstić information content (AvgIpc) is 3.20. The summed E-state index contributed by atoms with van der Waals surface area (Å²) in [5.41, 5.74) is 3.86. The molecule has 2 saturated heterocycles. The highest BCUT2D eigenvalue weighted by atomic mass is 32.1. The van der Waals surface area contributed by atoms with E-state index < -0.39 is 7.36 Å². The fourth-order valence-corrected chi connectivity index (χ4v) is 8.44. The van der Waals surface area contributed by atoms with Gasteiger partial charge in [-0.15, -0.1) is 0 Å². The van der Waals surface area contributed by atoms with Crippen molar-refractivity contribution in [3.63, 3.8) is 0 Å². The summed E-state index contributed by atoms with van der Waals surface area (Å²) in [6, 6.07) is 3.87. The molecule has 156 valence electrons. The van der Waals surface area contributed by atoms with Crippen LogP contribution in [0.1, 0.15) is 26.5 Å². The molecule has 0 spiro atoms. The van der Waals surface area contributed by atoms with Gasteiger partial charge in [0.2, 0.25) is 5.11 Å². The smallest absolute Gasteiger partial charge is 0.214 e. The van der Waals surface area contributed by atoms with Crippen molar-refractivity contribution >= 4 is 30.9 Å². The second-order valence-electron chi connectivity index (χ2n) is 7.77. The number of ether oxygens (including phenoxy) is 2. The number of rotatable bonds is 4. The zero-order valence-corrected chi connectivity index (χ0v) is 18.6. The van der Waals surface area contributed by atoms with Gasteiger partial charge in [-0.1, -0.05) is 20.8 Å². The minimum absolute atomic E-state index is 0.0728. The highest BCUT2D eigenvalue weighted by molar-refractivity contribution is 7.81. The van der Waals surface area contributed by atoms with E-state index in [-0.39, 0.29) is 5.16 Å². The molecule has 0 unspecified atom stereocenters. The standard InChI is InChI=1S/C18H31N6O2PS/c1-18(2,3)27(23-7-11-25-12-8-23,24-9-13-26-14-10-24)22-17(28)21-20-15-16-5-4-6-19-16/h4-6,15,19H,7-14H2,1-3H3,(H,21,28). The summed E-state index contributed by atoms with van der Waals surface area (Å²) in [6.07, 6.45) is 3.57. The Labute approximate surface area is 172 Å². The first kappa shape index (κ1) is 21.6. The molecule has 28 heavy (non-hydrogen) atoms. The van der Waals surface area contributed by atoms with E-state index in [1.807, 2.05) is 18.3 Å². The van der Waals surface area contributed by atoms with Gasteiger partial charge in [0.25, 0.3) is 0 Å². The number of hydrogen-bond donors (Lipinski definition) is 2. The van der Waals surface area contributed by atoms with E-state index in [1.165, 1.54) is 0 Å². The van der Waals surface area contributed by atoms with Crippen molar-refractivity contribution in [2.75, 3.05) is 52.6 Å². The Bertz CT molecular complexity index is 697. The molecular formula is C18H31N6O2PS. The molecule has 2 N–H and O–H groups in total. The van der Waals surface area contributed by atoms with Crippen molar-refractivity contribution in [3.8, 4) is 0 Å². The molecule has 3 rings (SSSR count). The molecule has 1 aromatic heterocycles. The van der Waals surface area contributed by atoms with Crippen molar-refractivity contribution in [1.82, 2.24) is 19.8 Å². The maximum Gasteiger partial charge on any atom is 0.214 e. The van der Waals surface area contributed by atoms with E-state index in [4.69, 9.17) is 26.4 Å². The minimum Gasteiger partial charge on any atom is -0.379 e. The topological polar surface area (TPSA) is 77.5 Å². The molecule has 0 amide bonds. The molecule has 0 radical (unpaired) electrons. The number of hydrazone groups is 1. The number of aromatic nitrogens is 1. The number of nitrogens with one attached hydrogen (secondary N) is 2. The van der Waals surface area contributed by atoms with Gasteiger partial charge in [-0.05, 0) is 24.4 Å².